The van der Waals surface area contributed by atoms with Gasteiger partial charge in [-0.25, -0.2) is 9.55 Å². The van der Waals surface area contributed by atoms with E-state index in [-0.39, 0.29) is 22.3 Å². The highest BCUT2D eigenvalue weighted by atomic mass is 35.5. The largest absolute Gasteiger partial charge is 0.394 e. The summed E-state index contributed by atoms with van der Waals surface area (Å²) in [7, 11) is 0. The highest BCUT2D eigenvalue weighted by Gasteiger charge is 2.51. The molecule has 120 valence electrons. The third kappa shape index (κ3) is 2.59. The van der Waals surface area contributed by atoms with E-state index in [4.69, 9.17) is 27.5 Å². The number of aromatic nitrogens is 4. The number of anilines is 1. The smallest absolute Gasteiger partial charge is 0.353 e. The van der Waals surface area contributed by atoms with E-state index in [0.29, 0.717) is 10.9 Å². The molecule has 0 saturated heterocycles. The van der Waals surface area contributed by atoms with E-state index < -0.39 is 30.6 Å². The molecule has 9 nitrogen and oxygen atoms in total. The first-order valence-electron chi connectivity index (χ1n) is 5.75. The Morgan fingerprint density at radius 1 is 1.45 bits per heavy atom. The summed E-state index contributed by atoms with van der Waals surface area (Å²) in [5, 5.41) is 26.6. The monoisotopic (exact) mass is 337 g/mol. The van der Waals surface area contributed by atoms with Crippen LogP contribution in [0.25, 0.3) is 11.2 Å². The topological polar surface area (TPSA) is 147 Å². The van der Waals surface area contributed by atoms with E-state index in [9.17, 15) is 18.7 Å². The number of nitrogen functional groups attached to an aromatic ring is 1. The number of hydrogen-bond acceptors (Lipinski definition) is 8. The summed E-state index contributed by atoms with van der Waals surface area (Å²) in [6, 6.07) is 0. The van der Waals surface area contributed by atoms with Crippen molar-refractivity contribution in [2.75, 3.05) is 12.3 Å². The van der Waals surface area contributed by atoms with Crippen molar-refractivity contribution in [3.8, 4) is 0 Å². The summed E-state index contributed by atoms with van der Waals surface area (Å²) in [5.74, 6) is -6.56. The molecule has 5 N–H and O–H groups in total. The molecule has 0 aliphatic carbocycles. The fourth-order valence-corrected chi connectivity index (χ4v) is 1.84. The minimum Gasteiger partial charge on any atom is -0.394 e. The average molecular weight is 338 g/mol. The molecule has 2 heterocycles. The lowest BCUT2D eigenvalue weighted by molar-refractivity contribution is -0.136. The number of nitrogens with two attached hydrogens (primary N) is 1. The number of hydrogen-bond donors (Lipinski definition) is 4. The fraction of sp³-hybridized carbons (Fsp3) is 0.400. The molecule has 0 aliphatic rings. The third-order valence-electron chi connectivity index (χ3n) is 2.82. The number of fused-ring (bicyclic) bond motifs is 1. The maximum atomic E-state index is 13.9. The molecule has 0 aromatic carbocycles. The van der Waals surface area contributed by atoms with Crippen LogP contribution in [0.3, 0.4) is 0 Å². The predicted molar refractivity (Wildman–Crippen MR) is 69.4 cm³/mol. The molecule has 0 spiro atoms. The summed E-state index contributed by atoms with van der Waals surface area (Å²) in [6.45, 7) is -1.16. The summed E-state index contributed by atoms with van der Waals surface area (Å²) < 4.78 is 28.2. The van der Waals surface area contributed by atoms with Gasteiger partial charge >= 0.3 is 11.8 Å². The van der Waals surface area contributed by atoms with Crippen molar-refractivity contribution >= 4 is 34.5 Å². The quantitative estimate of drug-likeness (QED) is 0.522. The van der Waals surface area contributed by atoms with E-state index in [1.54, 1.807) is 0 Å². The Bertz CT molecular complexity index is 725. The van der Waals surface area contributed by atoms with Gasteiger partial charge in [0.25, 0.3) is 0 Å². The van der Waals surface area contributed by atoms with Crippen molar-refractivity contribution in [2.24, 2.45) is 0 Å². The van der Waals surface area contributed by atoms with Gasteiger partial charge in [0.1, 0.15) is 12.4 Å². The molecule has 0 amide bonds. The van der Waals surface area contributed by atoms with Crippen molar-refractivity contribution < 1.29 is 28.9 Å². The Morgan fingerprint density at radius 2 is 2.09 bits per heavy atom. The normalized spacial score (nSPS) is 15.0. The Morgan fingerprint density at radius 3 is 2.68 bits per heavy atom. The van der Waals surface area contributed by atoms with E-state index in [1.165, 1.54) is 0 Å². The van der Waals surface area contributed by atoms with Crippen LogP contribution < -0.4 is 5.73 Å². The van der Waals surface area contributed by atoms with Gasteiger partial charge in [-0.15, -0.1) is 0 Å². The van der Waals surface area contributed by atoms with Crippen LogP contribution in [0.15, 0.2) is 6.33 Å². The maximum Gasteiger partial charge on any atom is 0.353 e. The van der Waals surface area contributed by atoms with Crippen LogP contribution in [-0.4, -0.2) is 65.5 Å². The number of aliphatic hydroxyl groups excluding tert-OH is 3. The highest BCUT2D eigenvalue weighted by Crippen LogP contribution is 2.26. The Balaban J connectivity index is 2.50. The number of alkyl halides is 2. The first kappa shape index (κ1) is 16.4. The minimum absolute atomic E-state index is 0.134. The standard InChI is InChI=1S/C10H10ClF2N5O4/c11-9-16-6(14)4-7(17-9)18(2-15-4)8(22)10(12,13)5(21)3(20)1-19/h2-3,5,19-21H,1H2,(H2,14,16,17)/t3-,5-/m1/s1. The molecular weight excluding hydrogens is 328 g/mol. The van der Waals surface area contributed by atoms with Gasteiger partial charge in [-0.05, 0) is 11.6 Å². The zero-order valence-corrected chi connectivity index (χ0v) is 11.4. The number of carbonyl (C=O) groups is 1. The van der Waals surface area contributed by atoms with Gasteiger partial charge in [-0.3, -0.25) is 4.79 Å². The molecule has 0 aliphatic heterocycles. The highest BCUT2D eigenvalue weighted by molar-refractivity contribution is 6.28. The lowest BCUT2D eigenvalue weighted by Gasteiger charge is -2.24. The van der Waals surface area contributed by atoms with Crippen LogP contribution >= 0.6 is 11.6 Å². The first-order valence-corrected chi connectivity index (χ1v) is 6.13. The molecule has 0 unspecified atom stereocenters. The van der Waals surface area contributed by atoms with E-state index in [1.807, 2.05) is 0 Å². The number of rotatable bonds is 4. The number of halogens is 3. The van der Waals surface area contributed by atoms with E-state index in [0.717, 1.165) is 0 Å². The number of carbonyl (C=O) groups excluding carboxylic acids is 1. The van der Waals surface area contributed by atoms with E-state index >= 15 is 0 Å². The number of aliphatic hydroxyl groups is 3. The summed E-state index contributed by atoms with van der Waals surface area (Å²) in [5.41, 5.74) is 4.96. The molecule has 2 aromatic rings. The molecule has 2 rings (SSSR count). The van der Waals surface area contributed by atoms with E-state index in [2.05, 4.69) is 15.0 Å². The molecule has 2 aromatic heterocycles. The van der Waals surface area contributed by atoms with Gasteiger partial charge in [0.15, 0.2) is 23.1 Å². The molecule has 0 saturated carbocycles. The van der Waals surface area contributed by atoms with Crippen LogP contribution in [0, 0.1) is 0 Å². The van der Waals surface area contributed by atoms with Crippen LogP contribution in [0.1, 0.15) is 4.79 Å². The zero-order chi connectivity index (χ0) is 16.7. The summed E-state index contributed by atoms with van der Waals surface area (Å²) in [6.07, 6.45) is -4.32. The van der Waals surface area contributed by atoms with Crippen LogP contribution in [-0.2, 0) is 0 Å². The van der Waals surface area contributed by atoms with Crippen molar-refractivity contribution in [2.45, 2.75) is 18.1 Å². The second kappa shape index (κ2) is 5.68. The Hall–Kier alpha value is -1.95. The molecule has 0 radical (unpaired) electrons. The average Bonchev–Trinajstić information content (AvgIpc) is 2.88. The van der Waals surface area contributed by atoms with Gasteiger partial charge in [0.2, 0.25) is 5.28 Å². The fourth-order valence-electron chi connectivity index (χ4n) is 1.67. The van der Waals surface area contributed by atoms with Crippen molar-refractivity contribution in [3.63, 3.8) is 0 Å². The molecule has 22 heavy (non-hydrogen) atoms. The first-order chi connectivity index (χ1) is 10.2. The SMILES string of the molecule is Nc1nc(Cl)nc2c1ncn2C(=O)C(F)(F)[C@H](O)[C@H](O)CO. The summed E-state index contributed by atoms with van der Waals surface area (Å²) >= 11 is 5.54. The second-order valence-electron chi connectivity index (χ2n) is 4.29. The summed E-state index contributed by atoms with van der Waals surface area (Å²) in [4.78, 5) is 22.7. The van der Waals surface area contributed by atoms with Gasteiger partial charge in [-0.2, -0.15) is 18.7 Å². The zero-order valence-electron chi connectivity index (χ0n) is 10.7. The molecule has 12 heteroatoms. The van der Waals surface area contributed by atoms with Crippen molar-refractivity contribution in [1.82, 2.24) is 19.5 Å². The van der Waals surface area contributed by atoms with Gasteiger partial charge in [0, 0.05) is 0 Å². The number of imidazole rings is 1. The Labute approximate surface area is 126 Å². The molecule has 0 fully saturated rings. The maximum absolute atomic E-state index is 13.9. The second-order valence-corrected chi connectivity index (χ2v) is 4.63. The molecule has 2 atom stereocenters. The van der Waals surface area contributed by atoms with Crippen LogP contribution in [0.5, 0.6) is 0 Å². The van der Waals surface area contributed by atoms with Crippen molar-refractivity contribution in [1.29, 1.82) is 0 Å². The molecular formula is C10H10ClF2N5O4. The minimum atomic E-state index is -4.41. The van der Waals surface area contributed by atoms with Gasteiger partial charge in [0.05, 0.1) is 6.61 Å². The lowest BCUT2D eigenvalue weighted by Crippen LogP contribution is -2.51. The number of nitrogens with zero attached hydrogens (tertiary/aromatic N) is 4. The van der Waals surface area contributed by atoms with Crippen LogP contribution in [0.2, 0.25) is 5.28 Å². The Kier molecular flexibility index (Phi) is 4.24. The third-order valence-corrected chi connectivity index (χ3v) is 2.99. The van der Waals surface area contributed by atoms with Crippen LogP contribution in [0.4, 0.5) is 14.6 Å². The predicted octanol–water partition coefficient (Wildman–Crippen LogP) is -0.949. The lowest BCUT2D eigenvalue weighted by atomic mass is 10.1. The molecule has 0 bridgehead atoms. The van der Waals surface area contributed by atoms with Gasteiger partial charge in [-0.1, -0.05) is 0 Å². The van der Waals surface area contributed by atoms with Gasteiger partial charge < -0.3 is 21.1 Å². The van der Waals surface area contributed by atoms with Crippen molar-refractivity contribution in [3.05, 3.63) is 11.6 Å².